The Bertz CT molecular complexity index is 719. The molecular weight excluding hydrogens is 296 g/mol. The smallest absolute Gasteiger partial charge is 0.122 e. The van der Waals surface area contributed by atoms with E-state index in [0.29, 0.717) is 23.3 Å². The molecule has 0 aliphatic heterocycles. The molecule has 2 N–H and O–H groups in total. The van der Waals surface area contributed by atoms with Gasteiger partial charge in [-0.2, -0.15) is 0 Å². The minimum Gasteiger partial charge on any atom is -0.507 e. The fourth-order valence-electron chi connectivity index (χ4n) is 4.28. The number of rotatable bonds is 3. The maximum atomic E-state index is 10.8. The van der Waals surface area contributed by atoms with Gasteiger partial charge >= 0.3 is 0 Å². The van der Waals surface area contributed by atoms with E-state index in [4.69, 9.17) is 0 Å². The number of aryl methyl sites for hydroxylation is 4. The molecule has 2 aromatic carbocycles. The molecule has 2 heteroatoms. The Morgan fingerprint density at radius 3 is 1.58 bits per heavy atom. The Hall–Kier alpha value is -1.96. The number of phenolic OH excluding ortho intramolecular Hbond substituents is 2. The molecule has 2 nitrogen and oxygen atoms in total. The summed E-state index contributed by atoms with van der Waals surface area (Å²) >= 11 is 0. The Labute approximate surface area is 145 Å². The van der Waals surface area contributed by atoms with Crippen LogP contribution in [0.5, 0.6) is 11.5 Å². The Morgan fingerprint density at radius 1 is 0.792 bits per heavy atom. The Kier molecular flexibility index (Phi) is 4.33. The summed E-state index contributed by atoms with van der Waals surface area (Å²) in [6.07, 6.45) is 2.36. The van der Waals surface area contributed by atoms with Crippen LogP contribution >= 0.6 is 0 Å². The molecule has 2 unspecified atom stereocenters. The number of aromatic hydroxyl groups is 2. The van der Waals surface area contributed by atoms with E-state index in [2.05, 4.69) is 32.9 Å². The standard InChI is InChI=1S/C22H28O2/c1-12-8-15(4)21(23)18(10-12)20(17-7-6-14(17)3)19-11-13(2)9-16(5)22(19)24/h8-11,14,17,20,23-24H,6-7H2,1-5H3. The zero-order valence-corrected chi connectivity index (χ0v) is 15.4. The third-order valence-electron chi connectivity index (χ3n) is 5.73. The van der Waals surface area contributed by atoms with Gasteiger partial charge in [-0.25, -0.2) is 0 Å². The van der Waals surface area contributed by atoms with Gasteiger partial charge in [-0.1, -0.05) is 48.7 Å². The third kappa shape index (κ3) is 2.79. The lowest BCUT2D eigenvalue weighted by Gasteiger charge is -2.41. The fraction of sp³-hybridized carbons (Fsp3) is 0.455. The lowest BCUT2D eigenvalue weighted by molar-refractivity contribution is 0.171. The summed E-state index contributed by atoms with van der Waals surface area (Å²) in [5.41, 5.74) is 6.05. The van der Waals surface area contributed by atoms with Crippen LogP contribution in [-0.4, -0.2) is 10.2 Å². The van der Waals surface area contributed by atoms with E-state index in [1.807, 2.05) is 26.0 Å². The van der Waals surface area contributed by atoms with Gasteiger partial charge in [0.05, 0.1) is 0 Å². The second-order valence-corrected chi connectivity index (χ2v) is 7.74. The molecule has 0 bridgehead atoms. The van der Waals surface area contributed by atoms with E-state index in [-0.39, 0.29) is 5.92 Å². The molecular formula is C22H28O2. The largest absolute Gasteiger partial charge is 0.507 e. The molecule has 3 rings (SSSR count). The first kappa shape index (κ1) is 16.9. The van der Waals surface area contributed by atoms with Crippen molar-refractivity contribution >= 4 is 0 Å². The minimum atomic E-state index is 0.0472. The van der Waals surface area contributed by atoms with E-state index < -0.39 is 0 Å². The van der Waals surface area contributed by atoms with E-state index in [9.17, 15) is 10.2 Å². The second kappa shape index (κ2) is 6.16. The van der Waals surface area contributed by atoms with Gasteiger partial charge in [0, 0.05) is 17.0 Å². The van der Waals surface area contributed by atoms with Crippen LogP contribution in [0.15, 0.2) is 24.3 Å². The van der Waals surface area contributed by atoms with Crippen molar-refractivity contribution in [2.24, 2.45) is 11.8 Å². The van der Waals surface area contributed by atoms with Crippen LogP contribution in [0.25, 0.3) is 0 Å². The van der Waals surface area contributed by atoms with Gasteiger partial charge in [0.15, 0.2) is 0 Å². The van der Waals surface area contributed by atoms with Gasteiger partial charge in [0.25, 0.3) is 0 Å². The van der Waals surface area contributed by atoms with Gasteiger partial charge in [-0.05, 0) is 57.1 Å². The van der Waals surface area contributed by atoms with E-state index in [0.717, 1.165) is 39.8 Å². The predicted octanol–water partition coefficient (Wildman–Crippen LogP) is 5.51. The first-order chi connectivity index (χ1) is 11.3. The molecule has 0 saturated heterocycles. The lowest BCUT2D eigenvalue weighted by Crippen LogP contribution is -2.30. The van der Waals surface area contributed by atoms with Crippen molar-refractivity contribution in [2.75, 3.05) is 0 Å². The molecule has 2 atom stereocenters. The summed E-state index contributed by atoms with van der Waals surface area (Å²) < 4.78 is 0. The van der Waals surface area contributed by atoms with Crippen molar-refractivity contribution in [1.29, 1.82) is 0 Å². The van der Waals surface area contributed by atoms with E-state index in [1.54, 1.807) is 0 Å². The predicted molar refractivity (Wildman–Crippen MR) is 98.9 cm³/mol. The van der Waals surface area contributed by atoms with Crippen LogP contribution in [0.2, 0.25) is 0 Å². The number of hydrogen-bond donors (Lipinski definition) is 2. The average Bonchev–Trinajstić information content (AvgIpc) is 2.50. The highest BCUT2D eigenvalue weighted by Gasteiger charge is 2.38. The van der Waals surface area contributed by atoms with Gasteiger partial charge in [-0.15, -0.1) is 0 Å². The van der Waals surface area contributed by atoms with Crippen molar-refractivity contribution in [3.63, 3.8) is 0 Å². The van der Waals surface area contributed by atoms with E-state index >= 15 is 0 Å². The summed E-state index contributed by atoms with van der Waals surface area (Å²) in [7, 11) is 0. The molecule has 1 saturated carbocycles. The minimum absolute atomic E-state index is 0.0472. The van der Waals surface area contributed by atoms with Crippen molar-refractivity contribution < 1.29 is 10.2 Å². The first-order valence-corrected chi connectivity index (χ1v) is 8.89. The molecule has 2 aromatic rings. The highest BCUT2D eigenvalue weighted by atomic mass is 16.3. The monoisotopic (exact) mass is 324 g/mol. The summed E-state index contributed by atoms with van der Waals surface area (Å²) in [5.74, 6) is 1.87. The Morgan fingerprint density at radius 2 is 1.25 bits per heavy atom. The SMILES string of the molecule is Cc1cc(C)c(O)c(C(c2cc(C)cc(C)c2O)C2CCC2C)c1. The molecule has 0 aromatic heterocycles. The van der Waals surface area contributed by atoms with Gasteiger partial charge in [-0.3, -0.25) is 0 Å². The number of benzene rings is 2. The maximum Gasteiger partial charge on any atom is 0.122 e. The highest BCUT2D eigenvalue weighted by Crippen LogP contribution is 2.51. The van der Waals surface area contributed by atoms with Gasteiger partial charge in [0.2, 0.25) is 0 Å². The summed E-state index contributed by atoms with van der Waals surface area (Å²) in [5, 5.41) is 21.5. The molecule has 1 aliphatic rings. The molecule has 128 valence electrons. The third-order valence-corrected chi connectivity index (χ3v) is 5.73. The average molecular weight is 324 g/mol. The van der Waals surface area contributed by atoms with Crippen LogP contribution < -0.4 is 0 Å². The lowest BCUT2D eigenvalue weighted by atomic mass is 9.63. The molecule has 0 radical (unpaired) electrons. The van der Waals surface area contributed by atoms with Gasteiger partial charge < -0.3 is 10.2 Å². The van der Waals surface area contributed by atoms with Crippen LogP contribution in [-0.2, 0) is 0 Å². The van der Waals surface area contributed by atoms with Crippen molar-refractivity contribution in [3.8, 4) is 11.5 Å². The molecule has 0 heterocycles. The summed E-state index contributed by atoms with van der Waals surface area (Å²) in [4.78, 5) is 0. The van der Waals surface area contributed by atoms with Crippen molar-refractivity contribution in [1.82, 2.24) is 0 Å². The normalized spacial score (nSPS) is 20.2. The molecule has 1 aliphatic carbocycles. The zero-order valence-electron chi connectivity index (χ0n) is 15.4. The van der Waals surface area contributed by atoms with Gasteiger partial charge in [0.1, 0.15) is 11.5 Å². The molecule has 1 fully saturated rings. The highest BCUT2D eigenvalue weighted by molar-refractivity contribution is 5.54. The quantitative estimate of drug-likeness (QED) is 0.781. The van der Waals surface area contributed by atoms with Crippen LogP contribution in [0.1, 0.15) is 59.1 Å². The van der Waals surface area contributed by atoms with E-state index in [1.165, 1.54) is 6.42 Å². The van der Waals surface area contributed by atoms with Crippen LogP contribution in [0.3, 0.4) is 0 Å². The topological polar surface area (TPSA) is 40.5 Å². The maximum absolute atomic E-state index is 10.8. The first-order valence-electron chi connectivity index (χ1n) is 8.89. The molecule has 0 spiro atoms. The van der Waals surface area contributed by atoms with Crippen LogP contribution in [0.4, 0.5) is 0 Å². The molecule has 24 heavy (non-hydrogen) atoms. The zero-order chi connectivity index (χ0) is 17.6. The van der Waals surface area contributed by atoms with Crippen molar-refractivity contribution in [2.45, 2.75) is 53.4 Å². The molecule has 0 amide bonds. The Balaban J connectivity index is 2.23. The van der Waals surface area contributed by atoms with Crippen molar-refractivity contribution in [3.05, 3.63) is 57.6 Å². The fourth-order valence-corrected chi connectivity index (χ4v) is 4.28. The summed E-state index contributed by atoms with van der Waals surface area (Å²) in [6.45, 7) is 10.3. The number of phenols is 2. The summed E-state index contributed by atoms with van der Waals surface area (Å²) in [6, 6.07) is 8.22. The van der Waals surface area contributed by atoms with Crippen LogP contribution in [0, 0.1) is 39.5 Å². The number of hydrogen-bond acceptors (Lipinski definition) is 2. The second-order valence-electron chi connectivity index (χ2n) is 7.74.